The van der Waals surface area contributed by atoms with Gasteiger partial charge >= 0.3 is 0 Å². The summed E-state index contributed by atoms with van der Waals surface area (Å²) in [6, 6.07) is -0.133. The molecule has 1 heterocycles. The van der Waals surface area contributed by atoms with E-state index in [2.05, 4.69) is 28.5 Å². The third kappa shape index (κ3) is 3.70. The van der Waals surface area contributed by atoms with Crippen LogP contribution in [0, 0.1) is 16.7 Å². The average molecular weight is 438 g/mol. The first-order valence-electron chi connectivity index (χ1n) is 10.7. The van der Waals surface area contributed by atoms with Crippen molar-refractivity contribution in [2.45, 2.75) is 70.9 Å². The van der Waals surface area contributed by atoms with Gasteiger partial charge in [-0.2, -0.15) is 0 Å². The third-order valence-electron chi connectivity index (χ3n) is 7.70. The maximum atomic E-state index is 13.0. The smallest absolute Gasteiger partial charge is 0.278 e. The molecule has 3 saturated carbocycles. The van der Waals surface area contributed by atoms with Crippen molar-refractivity contribution in [3.63, 3.8) is 0 Å². The van der Waals surface area contributed by atoms with Gasteiger partial charge in [-0.25, -0.2) is 23.1 Å². The Kier molecular flexibility index (Phi) is 5.55. The fourth-order valence-electron chi connectivity index (χ4n) is 5.72. The fourth-order valence-corrected chi connectivity index (χ4v) is 7.87. The number of ether oxygens (including phenoxy) is 2. The summed E-state index contributed by atoms with van der Waals surface area (Å²) >= 11 is 0. The van der Waals surface area contributed by atoms with E-state index in [1.807, 2.05) is 0 Å². The van der Waals surface area contributed by atoms with Gasteiger partial charge in [0.15, 0.2) is 0 Å². The Hall–Kier alpha value is -1.74. The second-order valence-corrected chi connectivity index (χ2v) is 11.3. The van der Waals surface area contributed by atoms with Crippen molar-refractivity contribution in [3.05, 3.63) is 12.4 Å². The number of carbonyl (C=O) groups is 1. The van der Waals surface area contributed by atoms with Crippen LogP contribution in [0.1, 0.15) is 58.8 Å². The first kappa shape index (κ1) is 21.5. The number of aromatic nitrogens is 2. The van der Waals surface area contributed by atoms with Crippen LogP contribution >= 0.6 is 0 Å². The van der Waals surface area contributed by atoms with Crippen LogP contribution in [0.4, 0.5) is 0 Å². The van der Waals surface area contributed by atoms with Crippen molar-refractivity contribution in [1.29, 1.82) is 0 Å². The molecule has 2 unspecified atom stereocenters. The van der Waals surface area contributed by atoms with Crippen LogP contribution in [0.25, 0.3) is 0 Å². The Labute approximate surface area is 178 Å². The van der Waals surface area contributed by atoms with Gasteiger partial charge in [0.25, 0.3) is 11.8 Å². The minimum absolute atomic E-state index is 0.0547. The van der Waals surface area contributed by atoms with E-state index in [-0.39, 0.29) is 29.1 Å². The highest BCUT2D eigenvalue weighted by atomic mass is 32.2. The lowest BCUT2D eigenvalue weighted by molar-refractivity contribution is -0.128. The number of hydrogen-bond donors (Lipinski definition) is 1. The Morgan fingerprint density at radius 1 is 1.10 bits per heavy atom. The second kappa shape index (κ2) is 7.75. The summed E-state index contributed by atoms with van der Waals surface area (Å²) in [4.78, 5) is 20.9. The molecule has 0 amide bonds. The first-order valence-corrected chi connectivity index (χ1v) is 12.4. The van der Waals surface area contributed by atoms with Crippen LogP contribution in [0.5, 0.6) is 11.8 Å². The van der Waals surface area contributed by atoms with Crippen molar-refractivity contribution >= 4 is 15.8 Å². The number of ketones is 1. The number of Topliss-reactive ketones (excluding diaryl/α,β-unsaturated/α-hetero) is 1. The quantitative estimate of drug-likeness (QED) is 0.698. The van der Waals surface area contributed by atoms with Gasteiger partial charge in [0.1, 0.15) is 11.9 Å². The molecule has 3 fully saturated rings. The van der Waals surface area contributed by atoms with Crippen molar-refractivity contribution in [2.75, 3.05) is 12.9 Å². The Morgan fingerprint density at radius 3 is 2.33 bits per heavy atom. The highest BCUT2D eigenvalue weighted by molar-refractivity contribution is 7.89. The minimum Gasteiger partial charge on any atom is -0.477 e. The van der Waals surface area contributed by atoms with Gasteiger partial charge in [-0.05, 0) is 49.9 Å². The topological polar surface area (TPSA) is 107 Å². The predicted molar refractivity (Wildman–Crippen MR) is 111 cm³/mol. The summed E-state index contributed by atoms with van der Waals surface area (Å²) in [5, 5.41) is 0. The van der Waals surface area contributed by atoms with E-state index >= 15 is 0 Å². The second-order valence-electron chi connectivity index (χ2n) is 9.51. The molecule has 0 saturated heterocycles. The normalized spacial score (nSPS) is 32.9. The van der Waals surface area contributed by atoms with Gasteiger partial charge in [-0.1, -0.05) is 13.8 Å². The van der Waals surface area contributed by atoms with E-state index in [9.17, 15) is 13.2 Å². The van der Waals surface area contributed by atoms with Crippen LogP contribution in [0.2, 0.25) is 0 Å². The summed E-state index contributed by atoms with van der Waals surface area (Å²) in [7, 11) is -2.03. The SMILES string of the molecule is COc1nccnc1OC1CCC(NS(=O)(=O)CC23CCC(CC2=O)C3(C)C)CC1. The number of sulfonamides is 1. The van der Waals surface area contributed by atoms with Gasteiger partial charge in [-0.15, -0.1) is 0 Å². The number of fused-ring (bicyclic) bond motifs is 2. The van der Waals surface area contributed by atoms with E-state index < -0.39 is 15.4 Å². The standard InChI is InChI=1S/C21H31N3O5S/c1-20(2)14-8-9-21(20,17(25)12-14)13-30(26,27)24-15-4-6-16(7-5-15)29-19-18(28-3)22-10-11-23-19/h10-11,14-16,24H,4-9,12-13H2,1-3H3. The molecule has 3 aliphatic rings. The lowest BCUT2D eigenvalue weighted by Gasteiger charge is -2.37. The lowest BCUT2D eigenvalue weighted by Crippen LogP contribution is -2.48. The maximum absolute atomic E-state index is 13.0. The van der Waals surface area contributed by atoms with Gasteiger partial charge in [0.05, 0.1) is 12.9 Å². The molecule has 1 aromatic rings. The van der Waals surface area contributed by atoms with Crippen LogP contribution in [0.15, 0.2) is 12.4 Å². The van der Waals surface area contributed by atoms with E-state index in [0.717, 1.165) is 6.42 Å². The molecule has 1 aromatic heterocycles. The summed E-state index contributed by atoms with van der Waals surface area (Å²) < 4.78 is 40.0. The van der Waals surface area contributed by atoms with Crippen LogP contribution in [-0.4, -0.2) is 49.2 Å². The molecule has 2 atom stereocenters. The van der Waals surface area contributed by atoms with Crippen LogP contribution in [0.3, 0.4) is 0 Å². The molecule has 0 aliphatic heterocycles. The number of hydrogen-bond acceptors (Lipinski definition) is 7. The number of nitrogens with one attached hydrogen (secondary N) is 1. The van der Waals surface area contributed by atoms with E-state index in [1.54, 1.807) is 12.4 Å². The average Bonchev–Trinajstić information content (AvgIpc) is 3.03. The summed E-state index contributed by atoms with van der Waals surface area (Å²) in [6.07, 6.45) is 7.98. The summed E-state index contributed by atoms with van der Waals surface area (Å²) in [6.45, 7) is 4.13. The van der Waals surface area contributed by atoms with Gasteiger partial charge in [0, 0.05) is 30.3 Å². The Balaban J connectivity index is 1.34. The van der Waals surface area contributed by atoms with E-state index in [1.165, 1.54) is 7.11 Å². The van der Waals surface area contributed by atoms with Crippen molar-refractivity contribution in [1.82, 2.24) is 14.7 Å². The highest BCUT2D eigenvalue weighted by Crippen LogP contribution is 2.64. The van der Waals surface area contributed by atoms with Crippen LogP contribution < -0.4 is 14.2 Å². The zero-order valence-electron chi connectivity index (χ0n) is 17.9. The molecule has 30 heavy (non-hydrogen) atoms. The van der Waals surface area contributed by atoms with Gasteiger partial charge < -0.3 is 9.47 Å². The zero-order valence-corrected chi connectivity index (χ0v) is 18.7. The molecule has 0 aromatic carbocycles. The molecule has 0 spiro atoms. The highest BCUT2D eigenvalue weighted by Gasteiger charge is 2.65. The monoisotopic (exact) mass is 437 g/mol. The molecule has 3 aliphatic carbocycles. The third-order valence-corrected chi connectivity index (χ3v) is 9.27. The van der Waals surface area contributed by atoms with Crippen molar-refractivity contribution in [2.24, 2.45) is 16.7 Å². The molecule has 1 N–H and O–H groups in total. The van der Waals surface area contributed by atoms with Crippen molar-refractivity contribution < 1.29 is 22.7 Å². The lowest BCUT2D eigenvalue weighted by atomic mass is 9.70. The fraction of sp³-hybridized carbons (Fsp3) is 0.762. The number of nitrogens with zero attached hydrogens (tertiary/aromatic N) is 2. The predicted octanol–water partition coefficient (Wildman–Crippen LogP) is 2.49. The van der Waals surface area contributed by atoms with Crippen LogP contribution in [-0.2, 0) is 14.8 Å². The maximum Gasteiger partial charge on any atom is 0.278 e. The zero-order chi connectivity index (χ0) is 21.6. The molecular weight excluding hydrogens is 406 g/mol. The van der Waals surface area contributed by atoms with E-state index in [4.69, 9.17) is 9.47 Å². The molecule has 9 heteroatoms. The molecule has 8 nitrogen and oxygen atoms in total. The van der Waals surface area contributed by atoms with E-state index in [0.29, 0.717) is 56.2 Å². The molecule has 0 radical (unpaired) electrons. The Bertz CT molecular complexity index is 911. The first-order chi connectivity index (χ1) is 14.2. The minimum atomic E-state index is -3.55. The Morgan fingerprint density at radius 2 is 1.77 bits per heavy atom. The summed E-state index contributed by atoms with van der Waals surface area (Å²) in [5.41, 5.74) is -0.980. The number of methoxy groups -OCH3 is 1. The molecule has 166 valence electrons. The largest absolute Gasteiger partial charge is 0.477 e. The summed E-state index contributed by atoms with van der Waals surface area (Å²) in [5.74, 6) is 1.06. The van der Waals surface area contributed by atoms with Gasteiger partial charge in [-0.3, -0.25) is 4.79 Å². The number of rotatable bonds is 7. The molecule has 4 rings (SSSR count). The van der Waals surface area contributed by atoms with Gasteiger partial charge in [0.2, 0.25) is 10.0 Å². The number of carbonyl (C=O) groups excluding carboxylic acids is 1. The molecule has 2 bridgehead atoms. The van der Waals surface area contributed by atoms with Crippen molar-refractivity contribution in [3.8, 4) is 11.8 Å². The molecular formula is C21H31N3O5S.